The Bertz CT molecular complexity index is 723. The summed E-state index contributed by atoms with van der Waals surface area (Å²) in [6.07, 6.45) is 4.08. The largest absolute Gasteiger partial charge is 0.372 e. The van der Waals surface area contributed by atoms with Gasteiger partial charge in [-0.15, -0.1) is 0 Å². The van der Waals surface area contributed by atoms with Crippen molar-refractivity contribution in [2.24, 2.45) is 11.8 Å². The molecule has 0 aromatic heterocycles. The summed E-state index contributed by atoms with van der Waals surface area (Å²) < 4.78 is 5.85. The van der Waals surface area contributed by atoms with E-state index in [0.717, 1.165) is 56.7 Å². The highest BCUT2D eigenvalue weighted by Crippen LogP contribution is 2.33. The van der Waals surface area contributed by atoms with Crippen molar-refractivity contribution in [3.05, 3.63) is 24.3 Å². The molecule has 1 aromatic carbocycles. The lowest BCUT2D eigenvalue weighted by molar-refractivity contribution is -0.135. The van der Waals surface area contributed by atoms with Crippen molar-refractivity contribution in [3.8, 4) is 0 Å². The molecule has 6 nitrogen and oxygen atoms in total. The van der Waals surface area contributed by atoms with Crippen molar-refractivity contribution in [3.63, 3.8) is 0 Å². The summed E-state index contributed by atoms with van der Waals surface area (Å²) in [5.41, 5.74) is 1.89. The van der Waals surface area contributed by atoms with Gasteiger partial charge in [-0.05, 0) is 51.7 Å². The molecule has 1 aromatic rings. The van der Waals surface area contributed by atoms with Crippen molar-refractivity contribution < 1.29 is 14.3 Å². The molecule has 3 atom stereocenters. The van der Waals surface area contributed by atoms with Crippen LogP contribution in [-0.2, 0) is 14.3 Å². The Morgan fingerprint density at radius 3 is 2.43 bits per heavy atom. The molecule has 2 amide bonds. The van der Waals surface area contributed by atoms with Crippen LogP contribution in [0.15, 0.2) is 24.3 Å². The van der Waals surface area contributed by atoms with Gasteiger partial charge < -0.3 is 19.9 Å². The van der Waals surface area contributed by atoms with Gasteiger partial charge in [-0.1, -0.05) is 12.1 Å². The summed E-state index contributed by atoms with van der Waals surface area (Å²) in [5, 5.41) is 3.15. The van der Waals surface area contributed by atoms with Gasteiger partial charge >= 0.3 is 0 Å². The number of nitrogens with one attached hydrogen (secondary N) is 1. The molecule has 4 rings (SSSR count). The Balaban J connectivity index is 1.43. The van der Waals surface area contributed by atoms with Gasteiger partial charge in [-0.3, -0.25) is 9.59 Å². The maximum atomic E-state index is 13.0. The first-order valence-corrected chi connectivity index (χ1v) is 10.6. The number of benzene rings is 1. The van der Waals surface area contributed by atoms with E-state index in [9.17, 15) is 9.59 Å². The van der Waals surface area contributed by atoms with E-state index in [0.29, 0.717) is 6.54 Å². The Morgan fingerprint density at radius 2 is 1.71 bits per heavy atom. The second-order valence-corrected chi connectivity index (χ2v) is 8.57. The second-order valence-electron chi connectivity index (χ2n) is 8.57. The maximum Gasteiger partial charge on any atom is 0.229 e. The van der Waals surface area contributed by atoms with Crippen molar-refractivity contribution in [1.82, 2.24) is 4.90 Å². The fraction of sp³-hybridized carbons (Fsp3) is 0.636. The van der Waals surface area contributed by atoms with Gasteiger partial charge in [-0.2, -0.15) is 0 Å². The third-order valence-electron chi connectivity index (χ3n) is 5.95. The molecule has 2 heterocycles. The van der Waals surface area contributed by atoms with Gasteiger partial charge in [0, 0.05) is 32.1 Å². The summed E-state index contributed by atoms with van der Waals surface area (Å²) >= 11 is 0. The number of para-hydroxylation sites is 2. The molecule has 1 aliphatic carbocycles. The zero-order valence-corrected chi connectivity index (χ0v) is 16.9. The summed E-state index contributed by atoms with van der Waals surface area (Å²) in [6, 6.07) is 7.99. The SMILES string of the molecule is C[C@@H]1CN(c2ccccc2NC(=O)[C@@H]2CCCN(C(=O)C3CC3)C2)C[C@H](C)O1. The lowest BCUT2D eigenvalue weighted by Crippen LogP contribution is -2.46. The first kappa shape index (κ1) is 19.2. The number of hydrogen-bond acceptors (Lipinski definition) is 4. The number of piperidine rings is 1. The molecule has 0 unspecified atom stereocenters. The predicted molar refractivity (Wildman–Crippen MR) is 109 cm³/mol. The van der Waals surface area contributed by atoms with Crippen molar-refractivity contribution >= 4 is 23.2 Å². The molecular weight excluding hydrogens is 354 g/mol. The van der Waals surface area contributed by atoms with Gasteiger partial charge in [0.1, 0.15) is 0 Å². The van der Waals surface area contributed by atoms with E-state index in [1.807, 2.05) is 23.1 Å². The van der Waals surface area contributed by atoms with Crippen molar-refractivity contribution in [1.29, 1.82) is 0 Å². The highest BCUT2D eigenvalue weighted by molar-refractivity contribution is 5.96. The van der Waals surface area contributed by atoms with E-state index in [1.54, 1.807) is 0 Å². The minimum absolute atomic E-state index is 0.0232. The molecule has 0 bridgehead atoms. The summed E-state index contributed by atoms with van der Waals surface area (Å²) in [4.78, 5) is 29.6. The average Bonchev–Trinajstić information content (AvgIpc) is 3.52. The molecule has 0 spiro atoms. The molecule has 28 heavy (non-hydrogen) atoms. The van der Waals surface area contributed by atoms with E-state index in [-0.39, 0.29) is 35.9 Å². The van der Waals surface area contributed by atoms with E-state index in [1.165, 1.54) is 0 Å². The molecule has 152 valence electrons. The molecule has 2 aliphatic heterocycles. The van der Waals surface area contributed by atoms with Gasteiger partial charge in [0.05, 0.1) is 29.5 Å². The quantitative estimate of drug-likeness (QED) is 0.866. The number of amides is 2. The Kier molecular flexibility index (Phi) is 5.58. The standard InChI is InChI=1S/C22H31N3O3/c1-15-12-25(13-16(2)28-15)20-8-4-3-7-19(20)23-21(26)18-6-5-11-24(14-18)22(27)17-9-10-17/h3-4,7-8,15-18H,5-6,9-14H2,1-2H3,(H,23,26)/t15-,16+,18-/m1/s1. The minimum Gasteiger partial charge on any atom is -0.372 e. The number of morpholine rings is 1. The topological polar surface area (TPSA) is 61.9 Å². The molecular formula is C22H31N3O3. The van der Waals surface area contributed by atoms with E-state index < -0.39 is 0 Å². The van der Waals surface area contributed by atoms with Gasteiger partial charge in [-0.25, -0.2) is 0 Å². The molecule has 1 N–H and O–H groups in total. The van der Waals surface area contributed by atoms with Crippen LogP contribution in [0.3, 0.4) is 0 Å². The van der Waals surface area contributed by atoms with Gasteiger partial charge in [0.2, 0.25) is 11.8 Å². The Labute approximate surface area is 167 Å². The molecule has 3 aliphatic rings. The smallest absolute Gasteiger partial charge is 0.229 e. The lowest BCUT2D eigenvalue weighted by atomic mass is 9.96. The Hall–Kier alpha value is -2.08. The zero-order valence-electron chi connectivity index (χ0n) is 16.9. The van der Waals surface area contributed by atoms with Crippen LogP contribution in [0.4, 0.5) is 11.4 Å². The number of carbonyl (C=O) groups excluding carboxylic acids is 2. The number of anilines is 2. The third kappa shape index (κ3) is 4.32. The zero-order chi connectivity index (χ0) is 19.7. The van der Waals surface area contributed by atoms with Crippen LogP contribution in [0, 0.1) is 11.8 Å². The number of ether oxygens (including phenoxy) is 1. The highest BCUT2D eigenvalue weighted by atomic mass is 16.5. The normalized spacial score (nSPS) is 28.1. The Morgan fingerprint density at radius 1 is 1.00 bits per heavy atom. The molecule has 3 fully saturated rings. The number of nitrogens with zero attached hydrogens (tertiary/aromatic N) is 2. The van der Waals surface area contributed by atoms with Crippen LogP contribution in [0.5, 0.6) is 0 Å². The number of rotatable bonds is 4. The van der Waals surface area contributed by atoms with E-state index in [2.05, 4.69) is 30.1 Å². The highest BCUT2D eigenvalue weighted by Gasteiger charge is 2.37. The molecule has 0 radical (unpaired) electrons. The summed E-state index contributed by atoms with van der Waals surface area (Å²) in [6.45, 7) is 7.12. The maximum absolute atomic E-state index is 13.0. The second kappa shape index (κ2) is 8.11. The fourth-order valence-electron chi connectivity index (χ4n) is 4.44. The van der Waals surface area contributed by atoms with E-state index >= 15 is 0 Å². The minimum atomic E-state index is -0.132. The van der Waals surface area contributed by atoms with E-state index in [4.69, 9.17) is 4.74 Å². The van der Waals surface area contributed by atoms with Crippen LogP contribution in [0.1, 0.15) is 39.5 Å². The molecule has 6 heteroatoms. The fourth-order valence-corrected chi connectivity index (χ4v) is 4.44. The van der Waals surface area contributed by atoms with Gasteiger partial charge in [0.15, 0.2) is 0 Å². The number of likely N-dealkylation sites (tertiary alicyclic amines) is 1. The van der Waals surface area contributed by atoms with Crippen LogP contribution in [-0.4, -0.2) is 55.1 Å². The lowest BCUT2D eigenvalue weighted by Gasteiger charge is -2.38. The van der Waals surface area contributed by atoms with Crippen LogP contribution in [0.2, 0.25) is 0 Å². The summed E-state index contributed by atoms with van der Waals surface area (Å²) in [5.74, 6) is 0.351. The van der Waals surface area contributed by atoms with Gasteiger partial charge in [0.25, 0.3) is 0 Å². The average molecular weight is 386 g/mol. The summed E-state index contributed by atoms with van der Waals surface area (Å²) in [7, 11) is 0. The van der Waals surface area contributed by atoms with Crippen molar-refractivity contribution in [2.45, 2.75) is 51.7 Å². The van der Waals surface area contributed by atoms with Crippen molar-refractivity contribution in [2.75, 3.05) is 36.4 Å². The molecule has 2 saturated heterocycles. The van der Waals surface area contributed by atoms with Crippen LogP contribution in [0.25, 0.3) is 0 Å². The van der Waals surface area contributed by atoms with Crippen LogP contribution >= 0.6 is 0 Å². The monoisotopic (exact) mass is 385 g/mol. The first-order chi connectivity index (χ1) is 13.5. The number of hydrogen-bond donors (Lipinski definition) is 1. The third-order valence-corrected chi connectivity index (χ3v) is 5.95. The first-order valence-electron chi connectivity index (χ1n) is 10.6. The van der Waals surface area contributed by atoms with Crippen LogP contribution < -0.4 is 10.2 Å². The molecule has 1 saturated carbocycles. The number of carbonyl (C=O) groups is 2. The predicted octanol–water partition coefficient (Wildman–Crippen LogP) is 2.89.